The Kier molecular flexibility index (Phi) is 6.25. The summed E-state index contributed by atoms with van der Waals surface area (Å²) in [6.07, 6.45) is 6.43. The van der Waals surface area contributed by atoms with Crippen LogP contribution in [0.3, 0.4) is 0 Å². The van der Waals surface area contributed by atoms with Crippen molar-refractivity contribution >= 4 is 17.5 Å². The topological polar surface area (TPSA) is 74.6 Å². The average molecular weight is 566 g/mol. The second-order valence-electron chi connectivity index (χ2n) is 14.6. The summed E-state index contributed by atoms with van der Waals surface area (Å²) in [4.78, 5) is 29.1. The summed E-state index contributed by atoms with van der Waals surface area (Å²) in [6, 6.07) is 15.8. The third-order valence-electron chi connectivity index (χ3n) is 11.2. The Bertz CT molecular complexity index is 1580. The minimum atomic E-state index is -0.352. The molecule has 1 spiro atoms. The van der Waals surface area contributed by atoms with E-state index in [0.29, 0.717) is 29.1 Å². The van der Waals surface area contributed by atoms with Crippen LogP contribution in [0.1, 0.15) is 109 Å². The van der Waals surface area contributed by atoms with E-state index in [9.17, 15) is 9.59 Å². The maximum atomic E-state index is 13.3. The number of amides is 2. The maximum absolute atomic E-state index is 13.3. The van der Waals surface area contributed by atoms with Crippen molar-refractivity contribution in [3.63, 3.8) is 0 Å². The summed E-state index contributed by atoms with van der Waals surface area (Å²) < 4.78 is 6.06. The van der Waals surface area contributed by atoms with Crippen molar-refractivity contribution in [3.8, 4) is 0 Å². The number of benzene rings is 2. The summed E-state index contributed by atoms with van der Waals surface area (Å²) in [7, 11) is 0. The Morgan fingerprint density at radius 1 is 0.929 bits per heavy atom. The Balaban J connectivity index is 1.04. The fourth-order valence-electron chi connectivity index (χ4n) is 8.31. The van der Waals surface area contributed by atoms with Gasteiger partial charge in [0.15, 0.2) is 5.76 Å². The number of rotatable bonds is 6. The molecular formula is C36H43N3O3. The van der Waals surface area contributed by atoms with Crippen molar-refractivity contribution in [3.05, 3.63) is 87.9 Å². The second kappa shape index (κ2) is 9.57. The highest BCUT2D eigenvalue weighted by molar-refractivity contribution is 6.08. The molecule has 0 radical (unpaired) electrons. The summed E-state index contributed by atoms with van der Waals surface area (Å²) >= 11 is 0. The van der Waals surface area contributed by atoms with E-state index in [0.717, 1.165) is 25.1 Å². The summed E-state index contributed by atoms with van der Waals surface area (Å²) in [5.41, 5.74) is 7.00. The van der Waals surface area contributed by atoms with Gasteiger partial charge in [-0.3, -0.25) is 14.5 Å². The molecular weight excluding hydrogens is 522 g/mol. The van der Waals surface area contributed by atoms with E-state index in [1.807, 2.05) is 18.2 Å². The number of carbonyl (C=O) groups excluding carboxylic acids is 2. The lowest BCUT2D eigenvalue weighted by Gasteiger charge is -2.61. The van der Waals surface area contributed by atoms with Gasteiger partial charge in [0.2, 0.25) is 0 Å². The first kappa shape index (κ1) is 27.5. The molecule has 3 heterocycles. The highest BCUT2D eigenvalue weighted by atomic mass is 16.3. The lowest BCUT2D eigenvalue weighted by molar-refractivity contribution is -0.0859. The fourth-order valence-corrected chi connectivity index (χ4v) is 8.31. The van der Waals surface area contributed by atoms with E-state index in [1.54, 1.807) is 18.2 Å². The van der Waals surface area contributed by atoms with Gasteiger partial charge in [0.25, 0.3) is 11.8 Å². The minimum absolute atomic E-state index is 0.127. The van der Waals surface area contributed by atoms with Crippen LogP contribution in [0.15, 0.2) is 52.9 Å². The molecule has 3 aromatic rings. The fraction of sp³-hybridized carbons (Fsp3) is 0.500. The maximum Gasteiger partial charge on any atom is 0.291 e. The molecule has 2 aromatic carbocycles. The van der Waals surface area contributed by atoms with E-state index in [-0.39, 0.29) is 34.4 Å². The molecule has 4 aliphatic rings. The normalized spacial score (nSPS) is 26.7. The van der Waals surface area contributed by atoms with Gasteiger partial charge in [-0.2, -0.15) is 0 Å². The Hall–Kier alpha value is -3.38. The zero-order valence-corrected chi connectivity index (χ0v) is 25.6. The van der Waals surface area contributed by atoms with Gasteiger partial charge in [0.1, 0.15) is 5.76 Å². The van der Waals surface area contributed by atoms with Crippen LogP contribution in [0.25, 0.3) is 0 Å². The predicted molar refractivity (Wildman–Crippen MR) is 165 cm³/mol. The predicted octanol–water partition coefficient (Wildman–Crippen LogP) is 6.75. The smallest absolute Gasteiger partial charge is 0.291 e. The Morgan fingerprint density at radius 2 is 1.67 bits per heavy atom. The molecule has 220 valence electrons. The average Bonchev–Trinajstić information content (AvgIpc) is 3.47. The van der Waals surface area contributed by atoms with E-state index < -0.39 is 0 Å². The molecule has 2 N–H and O–H groups in total. The summed E-state index contributed by atoms with van der Waals surface area (Å²) in [5, 5.41) is 6.20. The molecule has 42 heavy (non-hydrogen) atoms. The van der Waals surface area contributed by atoms with Gasteiger partial charge in [-0.05, 0) is 109 Å². The van der Waals surface area contributed by atoms with Gasteiger partial charge in [-0.15, -0.1) is 0 Å². The van der Waals surface area contributed by atoms with Crippen molar-refractivity contribution in [2.24, 2.45) is 5.92 Å². The van der Waals surface area contributed by atoms with Crippen LogP contribution < -0.4 is 10.6 Å². The summed E-state index contributed by atoms with van der Waals surface area (Å²) in [6.45, 7) is 13.9. The highest BCUT2D eigenvalue weighted by Crippen LogP contribution is 2.57. The number of anilines is 1. The quantitative estimate of drug-likeness (QED) is 0.347. The molecule has 3 atom stereocenters. The third-order valence-corrected chi connectivity index (χ3v) is 11.2. The number of aryl methyl sites for hydroxylation is 1. The zero-order chi connectivity index (χ0) is 29.4. The first-order valence-electron chi connectivity index (χ1n) is 15.7. The molecule has 2 aliphatic heterocycles. The van der Waals surface area contributed by atoms with E-state index in [4.69, 9.17) is 4.42 Å². The standard InChI is InChI=1S/C36H43N3O3/c1-22-18-27-28(35(4,5)14-13-34(27,2)3)20-23(22)19-24-10-11-31(42-24)33(41)37-29-9-7-6-8-25(29)32(40)38-30-21-36-15-17-39(36)16-12-26(30)36/h6-11,18,20,26,30H,12-17,19,21H2,1-5H3,(H,37,41)(H,38,40). The van der Waals surface area contributed by atoms with Crippen LogP contribution in [0, 0.1) is 12.8 Å². The van der Waals surface area contributed by atoms with Crippen molar-refractivity contribution in [2.45, 2.75) is 95.6 Å². The monoisotopic (exact) mass is 565 g/mol. The van der Waals surface area contributed by atoms with Crippen LogP contribution in [0.4, 0.5) is 5.69 Å². The van der Waals surface area contributed by atoms with E-state index in [1.165, 1.54) is 48.1 Å². The van der Waals surface area contributed by atoms with Crippen LogP contribution >= 0.6 is 0 Å². The van der Waals surface area contributed by atoms with Crippen molar-refractivity contribution < 1.29 is 14.0 Å². The van der Waals surface area contributed by atoms with Gasteiger partial charge in [-0.25, -0.2) is 0 Å². The molecule has 7 rings (SSSR count). The van der Waals surface area contributed by atoms with Gasteiger partial charge in [0, 0.05) is 24.5 Å². The lowest BCUT2D eigenvalue weighted by atomic mass is 9.58. The first-order chi connectivity index (χ1) is 20.0. The molecule has 1 saturated carbocycles. The van der Waals surface area contributed by atoms with Crippen molar-refractivity contribution in [1.82, 2.24) is 10.2 Å². The number of carbonyl (C=O) groups is 2. The van der Waals surface area contributed by atoms with Crippen LogP contribution in [0.2, 0.25) is 0 Å². The molecule has 3 unspecified atom stereocenters. The van der Waals surface area contributed by atoms with E-state index in [2.05, 4.69) is 62.3 Å². The van der Waals surface area contributed by atoms with Gasteiger partial charge in [-0.1, -0.05) is 52.0 Å². The van der Waals surface area contributed by atoms with Crippen LogP contribution in [-0.2, 0) is 17.3 Å². The number of hydrogen-bond donors (Lipinski definition) is 2. The minimum Gasteiger partial charge on any atom is -0.456 e. The molecule has 6 heteroatoms. The summed E-state index contributed by atoms with van der Waals surface area (Å²) in [5.74, 6) is 1.07. The number of fused-ring (bicyclic) bond motifs is 1. The van der Waals surface area contributed by atoms with Crippen molar-refractivity contribution in [2.75, 3.05) is 18.4 Å². The molecule has 0 bridgehead atoms. The molecule has 2 amide bonds. The van der Waals surface area contributed by atoms with Crippen molar-refractivity contribution in [1.29, 1.82) is 0 Å². The molecule has 3 fully saturated rings. The molecule has 2 aliphatic carbocycles. The number of nitrogens with zero attached hydrogens (tertiary/aromatic N) is 1. The molecule has 6 nitrogen and oxygen atoms in total. The van der Waals surface area contributed by atoms with Crippen LogP contribution in [-0.4, -0.2) is 41.4 Å². The SMILES string of the molecule is Cc1cc2c(cc1Cc1ccc(C(=O)Nc3ccccc3C(=O)NC3CC45CCN4CCC35)o1)C(C)(C)CCC2(C)C. The Morgan fingerprint density at radius 3 is 2.40 bits per heavy atom. The molecule has 2 saturated heterocycles. The van der Waals surface area contributed by atoms with E-state index >= 15 is 0 Å². The third kappa shape index (κ3) is 4.33. The number of para-hydroxylation sites is 1. The van der Waals surface area contributed by atoms with Gasteiger partial charge >= 0.3 is 0 Å². The number of hydrogen-bond acceptors (Lipinski definition) is 4. The van der Waals surface area contributed by atoms with Gasteiger partial charge < -0.3 is 15.1 Å². The van der Waals surface area contributed by atoms with Gasteiger partial charge in [0.05, 0.1) is 11.3 Å². The number of nitrogens with one attached hydrogen (secondary N) is 2. The number of furan rings is 1. The second-order valence-corrected chi connectivity index (χ2v) is 14.6. The zero-order valence-electron chi connectivity index (χ0n) is 25.6. The lowest BCUT2D eigenvalue weighted by Crippen LogP contribution is -2.72. The highest BCUT2D eigenvalue weighted by Gasteiger charge is 2.64. The largest absolute Gasteiger partial charge is 0.456 e. The molecule has 1 aromatic heterocycles. The first-order valence-corrected chi connectivity index (χ1v) is 15.7. The van der Waals surface area contributed by atoms with Crippen LogP contribution in [0.5, 0.6) is 0 Å². The Labute approximate surface area is 249 Å².